The van der Waals surface area contributed by atoms with Gasteiger partial charge in [-0.05, 0) is 32.5 Å². The second-order valence-corrected chi connectivity index (χ2v) is 4.49. The molecule has 1 aliphatic heterocycles. The molecule has 0 bridgehead atoms. The van der Waals surface area contributed by atoms with Crippen molar-refractivity contribution in [2.24, 2.45) is 0 Å². The van der Waals surface area contributed by atoms with Crippen molar-refractivity contribution < 1.29 is 5.11 Å². The molecule has 1 unspecified atom stereocenters. The van der Waals surface area contributed by atoms with E-state index in [4.69, 9.17) is 0 Å². The van der Waals surface area contributed by atoms with Crippen LogP contribution in [-0.4, -0.2) is 48.8 Å². The molecule has 0 spiro atoms. The highest BCUT2D eigenvalue weighted by Gasteiger charge is 2.18. The van der Waals surface area contributed by atoms with E-state index < -0.39 is 0 Å². The lowest BCUT2D eigenvalue weighted by molar-refractivity contribution is 0.130. The number of hydrogen-bond donors (Lipinski definition) is 2. The molecule has 1 saturated heterocycles. The van der Waals surface area contributed by atoms with Crippen LogP contribution in [0.1, 0.15) is 39.0 Å². The fourth-order valence-corrected chi connectivity index (χ4v) is 2.20. The number of nitrogens with zero attached hydrogens (tertiary/aromatic N) is 1. The van der Waals surface area contributed by atoms with Crippen LogP contribution in [0.5, 0.6) is 0 Å². The van der Waals surface area contributed by atoms with Crippen LogP contribution < -0.4 is 5.32 Å². The number of hydrogen-bond acceptors (Lipinski definition) is 3. The summed E-state index contributed by atoms with van der Waals surface area (Å²) in [5.41, 5.74) is 0. The Morgan fingerprint density at radius 1 is 1.33 bits per heavy atom. The zero-order valence-electron chi connectivity index (χ0n) is 10.0. The maximum absolute atomic E-state index is 9.31. The summed E-state index contributed by atoms with van der Waals surface area (Å²) < 4.78 is 0. The van der Waals surface area contributed by atoms with E-state index in [1.165, 1.54) is 32.1 Å². The third kappa shape index (κ3) is 4.96. The topological polar surface area (TPSA) is 35.5 Å². The Morgan fingerprint density at radius 2 is 2.20 bits per heavy atom. The van der Waals surface area contributed by atoms with Crippen LogP contribution in [0.25, 0.3) is 0 Å². The lowest BCUT2D eigenvalue weighted by Crippen LogP contribution is -2.42. The van der Waals surface area contributed by atoms with E-state index in [0.29, 0.717) is 12.6 Å². The van der Waals surface area contributed by atoms with Crippen LogP contribution in [0.4, 0.5) is 0 Å². The normalized spacial score (nSPS) is 24.0. The average Bonchev–Trinajstić information content (AvgIpc) is 2.49. The highest BCUT2D eigenvalue weighted by atomic mass is 16.3. The Balaban J connectivity index is 2.22. The summed E-state index contributed by atoms with van der Waals surface area (Å²) in [6.45, 7) is 6.89. The molecule has 1 fully saturated rings. The van der Waals surface area contributed by atoms with Gasteiger partial charge in [-0.1, -0.05) is 26.2 Å². The van der Waals surface area contributed by atoms with Gasteiger partial charge >= 0.3 is 0 Å². The summed E-state index contributed by atoms with van der Waals surface area (Å²) in [6, 6.07) is 0.342. The SMILES string of the molecule is CCCCCCN1CCCNCC1CO. The first-order valence-corrected chi connectivity index (χ1v) is 6.44. The predicted octanol–water partition coefficient (Wildman–Crippen LogP) is 1.22. The minimum atomic E-state index is 0.292. The van der Waals surface area contributed by atoms with E-state index in [9.17, 15) is 5.11 Å². The van der Waals surface area contributed by atoms with Crippen LogP contribution in [0.3, 0.4) is 0 Å². The molecule has 3 nitrogen and oxygen atoms in total. The summed E-state index contributed by atoms with van der Waals surface area (Å²) in [6.07, 6.45) is 6.47. The van der Waals surface area contributed by atoms with E-state index in [1.807, 2.05) is 0 Å². The summed E-state index contributed by atoms with van der Waals surface area (Å²) in [4.78, 5) is 2.45. The first-order chi connectivity index (χ1) is 7.38. The molecule has 0 radical (unpaired) electrons. The smallest absolute Gasteiger partial charge is 0.0599 e. The minimum Gasteiger partial charge on any atom is -0.395 e. The van der Waals surface area contributed by atoms with Crippen LogP contribution >= 0.6 is 0 Å². The van der Waals surface area contributed by atoms with Gasteiger partial charge in [0, 0.05) is 12.6 Å². The average molecular weight is 214 g/mol. The molecule has 1 atom stereocenters. The first kappa shape index (κ1) is 12.9. The van der Waals surface area contributed by atoms with Gasteiger partial charge in [0.2, 0.25) is 0 Å². The third-order valence-corrected chi connectivity index (χ3v) is 3.20. The Bertz CT molecular complexity index is 153. The van der Waals surface area contributed by atoms with Crippen LogP contribution in [0.2, 0.25) is 0 Å². The van der Waals surface area contributed by atoms with Gasteiger partial charge in [0.05, 0.1) is 6.61 Å². The third-order valence-electron chi connectivity index (χ3n) is 3.20. The van der Waals surface area contributed by atoms with Crippen LogP contribution in [0, 0.1) is 0 Å². The van der Waals surface area contributed by atoms with Crippen molar-refractivity contribution in [2.75, 3.05) is 32.8 Å². The molecule has 1 heterocycles. The molecule has 0 amide bonds. The van der Waals surface area contributed by atoms with E-state index >= 15 is 0 Å². The molecule has 15 heavy (non-hydrogen) atoms. The van der Waals surface area contributed by atoms with Crippen molar-refractivity contribution in [3.63, 3.8) is 0 Å². The van der Waals surface area contributed by atoms with Crippen molar-refractivity contribution in [3.8, 4) is 0 Å². The molecule has 0 aromatic rings. The molecule has 90 valence electrons. The molecule has 0 aromatic carbocycles. The Kier molecular flexibility index (Phi) is 6.98. The maximum Gasteiger partial charge on any atom is 0.0599 e. The van der Waals surface area contributed by atoms with Crippen molar-refractivity contribution in [1.82, 2.24) is 10.2 Å². The van der Waals surface area contributed by atoms with Gasteiger partial charge in [-0.25, -0.2) is 0 Å². The van der Waals surface area contributed by atoms with Crippen molar-refractivity contribution in [2.45, 2.75) is 45.1 Å². The number of rotatable bonds is 6. The highest BCUT2D eigenvalue weighted by Crippen LogP contribution is 2.07. The highest BCUT2D eigenvalue weighted by molar-refractivity contribution is 4.76. The molecule has 3 heteroatoms. The van der Waals surface area contributed by atoms with Crippen LogP contribution in [-0.2, 0) is 0 Å². The number of aliphatic hydroxyl groups is 1. The summed E-state index contributed by atoms with van der Waals surface area (Å²) in [5, 5.41) is 12.7. The predicted molar refractivity (Wildman–Crippen MR) is 64.1 cm³/mol. The molecule has 0 saturated carbocycles. The van der Waals surface area contributed by atoms with Gasteiger partial charge < -0.3 is 10.4 Å². The molecule has 1 aliphatic rings. The first-order valence-electron chi connectivity index (χ1n) is 6.44. The number of aliphatic hydroxyl groups excluding tert-OH is 1. The van der Waals surface area contributed by atoms with Gasteiger partial charge in [0.1, 0.15) is 0 Å². The lowest BCUT2D eigenvalue weighted by Gasteiger charge is -2.27. The van der Waals surface area contributed by atoms with Gasteiger partial charge in [-0.2, -0.15) is 0 Å². The molecular weight excluding hydrogens is 188 g/mol. The quantitative estimate of drug-likeness (QED) is 0.653. The minimum absolute atomic E-state index is 0.292. The fourth-order valence-electron chi connectivity index (χ4n) is 2.20. The summed E-state index contributed by atoms with van der Waals surface area (Å²) in [7, 11) is 0. The monoisotopic (exact) mass is 214 g/mol. The number of unbranched alkanes of at least 4 members (excludes halogenated alkanes) is 3. The maximum atomic E-state index is 9.31. The van der Waals surface area contributed by atoms with E-state index in [2.05, 4.69) is 17.1 Å². The summed E-state index contributed by atoms with van der Waals surface area (Å²) in [5.74, 6) is 0. The molecule has 0 aromatic heterocycles. The molecule has 2 N–H and O–H groups in total. The van der Waals surface area contributed by atoms with E-state index in [0.717, 1.165) is 26.2 Å². The van der Waals surface area contributed by atoms with Gasteiger partial charge in [-0.15, -0.1) is 0 Å². The van der Waals surface area contributed by atoms with Gasteiger partial charge in [-0.3, -0.25) is 4.90 Å². The largest absolute Gasteiger partial charge is 0.395 e. The standard InChI is InChI=1S/C12H26N2O/c1-2-3-4-5-8-14-9-6-7-13-10-12(14)11-15/h12-13,15H,2-11H2,1H3. The van der Waals surface area contributed by atoms with Crippen LogP contribution in [0.15, 0.2) is 0 Å². The Labute approximate surface area is 93.9 Å². The second-order valence-electron chi connectivity index (χ2n) is 4.49. The fraction of sp³-hybridized carbons (Fsp3) is 1.00. The molecular formula is C12H26N2O. The lowest BCUT2D eigenvalue weighted by atomic mass is 10.1. The zero-order chi connectivity index (χ0) is 10.9. The molecule has 0 aliphatic carbocycles. The van der Waals surface area contributed by atoms with Crippen molar-refractivity contribution in [3.05, 3.63) is 0 Å². The van der Waals surface area contributed by atoms with Gasteiger partial charge in [0.25, 0.3) is 0 Å². The Hall–Kier alpha value is -0.120. The van der Waals surface area contributed by atoms with E-state index in [1.54, 1.807) is 0 Å². The summed E-state index contributed by atoms with van der Waals surface area (Å²) >= 11 is 0. The zero-order valence-corrected chi connectivity index (χ0v) is 10.0. The van der Waals surface area contributed by atoms with Gasteiger partial charge in [0.15, 0.2) is 0 Å². The molecule has 1 rings (SSSR count). The van der Waals surface area contributed by atoms with E-state index in [-0.39, 0.29) is 0 Å². The second kappa shape index (κ2) is 8.08. The Morgan fingerprint density at radius 3 is 2.93 bits per heavy atom. The van der Waals surface area contributed by atoms with Crippen molar-refractivity contribution >= 4 is 0 Å². The number of nitrogens with one attached hydrogen (secondary N) is 1. The van der Waals surface area contributed by atoms with Crippen molar-refractivity contribution in [1.29, 1.82) is 0 Å².